The molecule has 3 heterocycles. The van der Waals surface area contributed by atoms with Gasteiger partial charge in [0.05, 0.1) is 29.3 Å². The predicted molar refractivity (Wildman–Crippen MR) is 105 cm³/mol. The van der Waals surface area contributed by atoms with E-state index >= 15 is 0 Å². The van der Waals surface area contributed by atoms with Crippen LogP contribution in [0.3, 0.4) is 0 Å². The van der Waals surface area contributed by atoms with Crippen LogP contribution in [0.25, 0.3) is 21.8 Å². The average Bonchev–Trinajstić information content (AvgIpc) is 2.99. The first-order chi connectivity index (χ1) is 12.2. The van der Waals surface area contributed by atoms with Gasteiger partial charge in [0.2, 0.25) is 0 Å². The topological polar surface area (TPSA) is 34.0 Å². The third kappa shape index (κ3) is 2.34. The number of benzene rings is 2. The Bertz CT molecular complexity index is 1100. The standard InChI is InChI=1S/C20H17BrN4/c1-13-11-24(19-6-2-5-17-15(19)4-3-9-22-17)12-20-16-8-7-14(21)10-18(16)23-25(13)20/h2-10,13H,11-12H2,1H3/t13-/m1/s1. The van der Waals surface area contributed by atoms with Crippen LogP contribution in [0.15, 0.2) is 59.2 Å². The van der Waals surface area contributed by atoms with Gasteiger partial charge in [-0.25, -0.2) is 0 Å². The summed E-state index contributed by atoms with van der Waals surface area (Å²) < 4.78 is 3.26. The summed E-state index contributed by atoms with van der Waals surface area (Å²) in [5, 5.41) is 7.27. The van der Waals surface area contributed by atoms with Crippen molar-refractivity contribution in [2.75, 3.05) is 11.4 Å². The number of pyridine rings is 1. The highest BCUT2D eigenvalue weighted by atomic mass is 79.9. The third-order valence-electron chi connectivity index (χ3n) is 4.97. The number of hydrogen-bond acceptors (Lipinski definition) is 3. The summed E-state index contributed by atoms with van der Waals surface area (Å²) in [5.74, 6) is 0. The Morgan fingerprint density at radius 2 is 1.96 bits per heavy atom. The van der Waals surface area contributed by atoms with Crippen molar-refractivity contribution >= 4 is 43.4 Å². The van der Waals surface area contributed by atoms with E-state index in [1.807, 2.05) is 12.3 Å². The maximum atomic E-state index is 4.83. The Kier molecular flexibility index (Phi) is 3.31. The Hall–Kier alpha value is -2.40. The second-order valence-electron chi connectivity index (χ2n) is 6.63. The van der Waals surface area contributed by atoms with Crippen LogP contribution in [0.5, 0.6) is 0 Å². The van der Waals surface area contributed by atoms with E-state index < -0.39 is 0 Å². The molecule has 2 aromatic heterocycles. The fraction of sp³-hybridized carbons (Fsp3) is 0.200. The molecule has 0 unspecified atom stereocenters. The molecule has 1 aliphatic heterocycles. The molecule has 25 heavy (non-hydrogen) atoms. The molecular formula is C20H17BrN4. The molecule has 0 fully saturated rings. The van der Waals surface area contributed by atoms with Gasteiger partial charge >= 0.3 is 0 Å². The summed E-state index contributed by atoms with van der Waals surface area (Å²) in [5.41, 5.74) is 4.62. The molecule has 4 nitrogen and oxygen atoms in total. The number of aromatic nitrogens is 3. The Labute approximate surface area is 154 Å². The van der Waals surface area contributed by atoms with Gasteiger partial charge in [-0.2, -0.15) is 5.10 Å². The fourth-order valence-electron chi connectivity index (χ4n) is 3.84. The zero-order chi connectivity index (χ0) is 17.0. The fourth-order valence-corrected chi connectivity index (χ4v) is 4.19. The van der Waals surface area contributed by atoms with Crippen molar-refractivity contribution in [3.8, 4) is 0 Å². The molecule has 0 aliphatic carbocycles. The van der Waals surface area contributed by atoms with Crippen LogP contribution < -0.4 is 4.90 Å². The van der Waals surface area contributed by atoms with Gasteiger partial charge in [-0.1, -0.05) is 22.0 Å². The maximum Gasteiger partial charge on any atom is 0.0938 e. The number of fused-ring (bicyclic) bond motifs is 4. The van der Waals surface area contributed by atoms with Gasteiger partial charge in [0.15, 0.2) is 0 Å². The number of halogens is 1. The maximum absolute atomic E-state index is 4.83. The lowest BCUT2D eigenvalue weighted by Gasteiger charge is -2.34. The van der Waals surface area contributed by atoms with Crippen molar-refractivity contribution in [3.63, 3.8) is 0 Å². The van der Waals surface area contributed by atoms with Crippen LogP contribution in [0.1, 0.15) is 18.7 Å². The highest BCUT2D eigenvalue weighted by Gasteiger charge is 2.26. The molecule has 0 saturated heterocycles. The van der Waals surface area contributed by atoms with Crippen LogP contribution in [0.4, 0.5) is 5.69 Å². The van der Waals surface area contributed by atoms with E-state index in [1.54, 1.807) is 0 Å². The van der Waals surface area contributed by atoms with Crippen LogP contribution in [0.2, 0.25) is 0 Å². The largest absolute Gasteiger partial charge is 0.363 e. The Morgan fingerprint density at radius 1 is 1.04 bits per heavy atom. The van der Waals surface area contributed by atoms with Gasteiger partial charge < -0.3 is 4.90 Å². The van der Waals surface area contributed by atoms with Crippen molar-refractivity contribution in [2.24, 2.45) is 0 Å². The van der Waals surface area contributed by atoms with Gasteiger partial charge in [-0.05, 0) is 49.4 Å². The molecule has 124 valence electrons. The lowest BCUT2D eigenvalue weighted by Crippen LogP contribution is -2.36. The molecule has 2 aromatic carbocycles. The average molecular weight is 393 g/mol. The zero-order valence-corrected chi connectivity index (χ0v) is 15.4. The normalized spacial score (nSPS) is 17.2. The molecule has 0 radical (unpaired) electrons. The van der Waals surface area contributed by atoms with Crippen molar-refractivity contribution in [1.29, 1.82) is 0 Å². The lowest BCUT2D eigenvalue weighted by molar-refractivity contribution is 0.430. The molecule has 0 spiro atoms. The Balaban J connectivity index is 1.65. The van der Waals surface area contributed by atoms with E-state index in [1.165, 1.54) is 22.2 Å². The van der Waals surface area contributed by atoms with Crippen LogP contribution >= 0.6 is 15.9 Å². The SMILES string of the molecule is C[C@@H]1CN(c2cccc3ncccc23)Cc2c3ccc(Br)cc3nn21. The zero-order valence-electron chi connectivity index (χ0n) is 13.9. The first-order valence-electron chi connectivity index (χ1n) is 8.46. The molecule has 1 aliphatic rings. The van der Waals surface area contributed by atoms with Crippen LogP contribution in [-0.4, -0.2) is 21.3 Å². The molecule has 0 saturated carbocycles. The summed E-state index contributed by atoms with van der Waals surface area (Å²) in [6.45, 7) is 4.03. The van der Waals surface area contributed by atoms with Crippen molar-refractivity contribution < 1.29 is 0 Å². The molecule has 1 atom stereocenters. The van der Waals surface area contributed by atoms with Crippen molar-refractivity contribution in [1.82, 2.24) is 14.8 Å². The first kappa shape index (κ1) is 14.9. The summed E-state index contributed by atoms with van der Waals surface area (Å²) in [6.07, 6.45) is 1.85. The molecule has 0 amide bonds. The minimum Gasteiger partial charge on any atom is -0.363 e. The third-order valence-corrected chi connectivity index (χ3v) is 5.46. The van der Waals surface area contributed by atoms with E-state index in [-0.39, 0.29) is 0 Å². The highest BCUT2D eigenvalue weighted by molar-refractivity contribution is 9.10. The molecule has 4 aromatic rings. The van der Waals surface area contributed by atoms with E-state index in [9.17, 15) is 0 Å². The van der Waals surface area contributed by atoms with E-state index in [2.05, 4.69) is 79.9 Å². The summed E-state index contributed by atoms with van der Waals surface area (Å²) in [4.78, 5) is 6.95. The number of nitrogens with zero attached hydrogens (tertiary/aromatic N) is 4. The second kappa shape index (κ2) is 5.56. The number of rotatable bonds is 1. The molecule has 0 N–H and O–H groups in total. The van der Waals surface area contributed by atoms with Gasteiger partial charge in [0.1, 0.15) is 0 Å². The lowest BCUT2D eigenvalue weighted by atomic mass is 10.1. The molecule has 5 heteroatoms. The summed E-state index contributed by atoms with van der Waals surface area (Å²) in [6, 6.07) is 17.2. The minimum atomic E-state index is 0.321. The molecule has 0 bridgehead atoms. The number of hydrogen-bond donors (Lipinski definition) is 0. The minimum absolute atomic E-state index is 0.321. The highest BCUT2D eigenvalue weighted by Crippen LogP contribution is 2.34. The monoisotopic (exact) mass is 392 g/mol. The quantitative estimate of drug-likeness (QED) is 0.460. The van der Waals surface area contributed by atoms with Crippen molar-refractivity contribution in [2.45, 2.75) is 19.5 Å². The van der Waals surface area contributed by atoms with E-state index in [0.717, 1.165) is 28.6 Å². The first-order valence-corrected chi connectivity index (χ1v) is 9.25. The summed E-state index contributed by atoms with van der Waals surface area (Å²) in [7, 11) is 0. The smallest absolute Gasteiger partial charge is 0.0938 e. The van der Waals surface area contributed by atoms with Gasteiger partial charge in [0.25, 0.3) is 0 Å². The molecule has 5 rings (SSSR count). The van der Waals surface area contributed by atoms with Crippen LogP contribution in [-0.2, 0) is 6.54 Å². The van der Waals surface area contributed by atoms with Gasteiger partial charge in [-0.3, -0.25) is 9.67 Å². The summed E-state index contributed by atoms with van der Waals surface area (Å²) >= 11 is 3.55. The Morgan fingerprint density at radius 3 is 2.88 bits per heavy atom. The van der Waals surface area contributed by atoms with Gasteiger partial charge in [0, 0.05) is 33.7 Å². The second-order valence-corrected chi connectivity index (χ2v) is 7.55. The predicted octanol–water partition coefficient (Wildman–Crippen LogP) is 4.93. The van der Waals surface area contributed by atoms with Crippen molar-refractivity contribution in [3.05, 3.63) is 64.9 Å². The van der Waals surface area contributed by atoms with E-state index in [4.69, 9.17) is 5.10 Å². The van der Waals surface area contributed by atoms with E-state index in [0.29, 0.717) is 6.04 Å². The van der Waals surface area contributed by atoms with Gasteiger partial charge in [-0.15, -0.1) is 0 Å². The number of anilines is 1. The molecular weight excluding hydrogens is 376 g/mol. The van der Waals surface area contributed by atoms with Crippen LogP contribution in [0, 0.1) is 0 Å².